The fraction of sp³-hybridized carbons (Fsp3) is 0.364. The fourth-order valence-corrected chi connectivity index (χ4v) is 5.50. The van der Waals surface area contributed by atoms with E-state index in [1.54, 1.807) is 53.4 Å². The van der Waals surface area contributed by atoms with Crippen LogP contribution in [-0.4, -0.2) is 64.9 Å². The smallest absolute Gasteiger partial charge is 0.272 e. The lowest BCUT2D eigenvalue weighted by atomic mass is 9.88. The summed E-state index contributed by atoms with van der Waals surface area (Å²) in [7, 11) is 0. The maximum absolute atomic E-state index is 15.0. The molecular weight excluding hydrogens is 533 g/mol. The van der Waals surface area contributed by atoms with Crippen molar-refractivity contribution in [3.8, 4) is 11.8 Å². The maximum atomic E-state index is 15.0. The Kier molecular flexibility index (Phi) is 9.21. The average molecular weight is 566 g/mol. The molecule has 1 unspecified atom stereocenters. The standard InChI is InChI=1S/C33H32FN5O3/c1-36-27-7-9-28(10-8-27)42-29-13-16-39(17-14-29)33(41)31-11-6-26(20-37-31)32(40)18-25-12-15-38(22-30(25)34)21-24-4-2-23(19-35)3-5-24/h2-11,20,25,29-30H,12-18,21-22H2/t25?,30-/m0/s1. The van der Waals surface area contributed by atoms with Gasteiger partial charge in [0.1, 0.15) is 23.7 Å². The number of pyridine rings is 1. The molecule has 5 rings (SSSR count). The van der Waals surface area contributed by atoms with Crippen LogP contribution in [0.2, 0.25) is 0 Å². The highest BCUT2D eigenvalue weighted by atomic mass is 19.1. The number of hydrogen-bond donors (Lipinski definition) is 0. The third-order valence-corrected chi connectivity index (χ3v) is 8.00. The summed E-state index contributed by atoms with van der Waals surface area (Å²) in [4.78, 5) is 37.4. The highest BCUT2D eigenvalue weighted by molar-refractivity contribution is 5.97. The lowest BCUT2D eigenvalue weighted by Gasteiger charge is -2.34. The summed E-state index contributed by atoms with van der Waals surface area (Å²) < 4.78 is 21.0. The summed E-state index contributed by atoms with van der Waals surface area (Å²) in [5.74, 6) is -0.00335. The number of hydrogen-bond acceptors (Lipinski definition) is 6. The van der Waals surface area contributed by atoms with Gasteiger partial charge in [-0.3, -0.25) is 19.5 Å². The molecule has 2 aliphatic rings. The molecule has 3 aromatic rings. The van der Waals surface area contributed by atoms with Gasteiger partial charge in [0.25, 0.3) is 5.91 Å². The van der Waals surface area contributed by atoms with Crippen molar-refractivity contribution in [3.05, 3.63) is 101 Å². The number of ketones is 1. The number of nitrogens with zero attached hydrogens (tertiary/aromatic N) is 5. The average Bonchev–Trinajstić information content (AvgIpc) is 3.03. The van der Waals surface area contributed by atoms with Crippen molar-refractivity contribution in [1.29, 1.82) is 5.26 Å². The van der Waals surface area contributed by atoms with Crippen molar-refractivity contribution in [2.75, 3.05) is 26.2 Å². The zero-order valence-corrected chi connectivity index (χ0v) is 23.3. The van der Waals surface area contributed by atoms with E-state index in [4.69, 9.17) is 16.6 Å². The van der Waals surface area contributed by atoms with Crippen molar-refractivity contribution in [2.45, 2.75) is 44.5 Å². The second-order valence-corrected chi connectivity index (χ2v) is 10.9. The summed E-state index contributed by atoms with van der Waals surface area (Å²) in [5.41, 5.74) is 2.85. The van der Waals surface area contributed by atoms with Crippen molar-refractivity contribution in [2.24, 2.45) is 5.92 Å². The number of halogens is 1. The predicted octanol–water partition coefficient (Wildman–Crippen LogP) is 5.62. The molecule has 2 aromatic carbocycles. The van der Waals surface area contributed by atoms with Gasteiger partial charge in [-0.15, -0.1) is 0 Å². The van der Waals surface area contributed by atoms with Crippen LogP contribution in [-0.2, 0) is 6.54 Å². The fourth-order valence-electron chi connectivity index (χ4n) is 5.50. The first-order valence-electron chi connectivity index (χ1n) is 14.2. The van der Waals surface area contributed by atoms with E-state index in [2.05, 4.69) is 15.9 Å². The molecule has 0 spiro atoms. The van der Waals surface area contributed by atoms with Gasteiger partial charge in [0.2, 0.25) is 0 Å². The lowest BCUT2D eigenvalue weighted by Crippen LogP contribution is -2.42. The maximum Gasteiger partial charge on any atom is 0.272 e. The van der Waals surface area contributed by atoms with Crippen LogP contribution in [0.1, 0.15) is 57.7 Å². The molecule has 0 aliphatic carbocycles. The van der Waals surface area contributed by atoms with Gasteiger partial charge in [0, 0.05) is 57.2 Å². The number of ether oxygens (including phenoxy) is 1. The molecule has 3 heterocycles. The molecule has 42 heavy (non-hydrogen) atoms. The molecule has 2 aliphatic heterocycles. The summed E-state index contributed by atoms with van der Waals surface area (Å²) in [6, 6.07) is 19.6. The van der Waals surface area contributed by atoms with E-state index >= 15 is 4.39 Å². The Hall–Kier alpha value is -4.60. The van der Waals surface area contributed by atoms with Gasteiger partial charge in [-0.05, 0) is 60.8 Å². The number of amides is 1. The van der Waals surface area contributed by atoms with Crippen LogP contribution in [0.15, 0.2) is 66.9 Å². The third-order valence-electron chi connectivity index (χ3n) is 8.00. The summed E-state index contributed by atoms with van der Waals surface area (Å²) in [6.07, 6.45) is 2.36. The highest BCUT2D eigenvalue weighted by Gasteiger charge is 2.31. The topological polar surface area (TPSA) is 90.9 Å². The Labute approximate surface area is 245 Å². The van der Waals surface area contributed by atoms with Gasteiger partial charge < -0.3 is 9.64 Å². The van der Waals surface area contributed by atoms with Crippen LogP contribution in [0.3, 0.4) is 0 Å². The van der Waals surface area contributed by atoms with Crippen LogP contribution in [0.25, 0.3) is 4.85 Å². The number of likely N-dealkylation sites (tertiary alicyclic amines) is 2. The number of nitriles is 1. The Morgan fingerprint density at radius 2 is 1.76 bits per heavy atom. The first-order chi connectivity index (χ1) is 20.4. The molecule has 1 aromatic heterocycles. The minimum atomic E-state index is -1.11. The van der Waals surface area contributed by atoms with E-state index in [-0.39, 0.29) is 42.4 Å². The highest BCUT2D eigenvalue weighted by Crippen LogP contribution is 2.27. The van der Waals surface area contributed by atoms with Gasteiger partial charge >= 0.3 is 0 Å². The minimum Gasteiger partial charge on any atom is -0.490 e. The summed E-state index contributed by atoms with van der Waals surface area (Å²) >= 11 is 0. The van der Waals surface area contributed by atoms with Crippen LogP contribution >= 0.6 is 0 Å². The second-order valence-electron chi connectivity index (χ2n) is 10.9. The number of piperidine rings is 2. The summed E-state index contributed by atoms with van der Waals surface area (Å²) in [6.45, 7) is 9.68. The van der Waals surface area contributed by atoms with Crippen LogP contribution in [0.4, 0.5) is 10.1 Å². The molecule has 214 valence electrons. The number of rotatable bonds is 8. The Balaban J connectivity index is 1.07. The third kappa shape index (κ3) is 7.18. The lowest BCUT2D eigenvalue weighted by molar-refractivity contribution is 0.0589. The number of aromatic nitrogens is 1. The van der Waals surface area contributed by atoms with E-state index in [0.29, 0.717) is 68.0 Å². The van der Waals surface area contributed by atoms with Gasteiger partial charge in [0.05, 0.1) is 18.2 Å². The zero-order chi connectivity index (χ0) is 29.5. The molecular formula is C33H32FN5O3. The molecule has 8 nitrogen and oxygen atoms in total. The monoisotopic (exact) mass is 565 g/mol. The SMILES string of the molecule is [C-]#[N+]c1ccc(OC2CCN(C(=O)c3ccc(C(=O)CC4CCN(Cc5ccc(C#N)cc5)C[C@@H]4F)cn3)CC2)cc1. The predicted molar refractivity (Wildman–Crippen MR) is 155 cm³/mol. The van der Waals surface area contributed by atoms with Gasteiger partial charge in [0.15, 0.2) is 11.5 Å². The van der Waals surface area contributed by atoms with Gasteiger partial charge in [-0.2, -0.15) is 5.26 Å². The van der Waals surface area contributed by atoms with E-state index in [9.17, 15) is 9.59 Å². The van der Waals surface area contributed by atoms with Crippen molar-refractivity contribution >= 4 is 17.4 Å². The van der Waals surface area contributed by atoms with Gasteiger partial charge in [-0.1, -0.05) is 24.3 Å². The molecule has 2 atom stereocenters. The van der Waals surface area contributed by atoms with Gasteiger partial charge in [-0.25, -0.2) is 9.24 Å². The number of Topliss-reactive ketones (excluding diaryl/α,β-unsaturated/α-hetero) is 1. The molecule has 0 saturated carbocycles. The normalized spacial score (nSPS) is 19.5. The molecule has 0 bridgehead atoms. The number of carbonyl (C=O) groups is 2. The molecule has 2 saturated heterocycles. The van der Waals surface area contributed by atoms with E-state index in [1.165, 1.54) is 6.20 Å². The minimum absolute atomic E-state index is 0.0111. The first-order valence-corrected chi connectivity index (χ1v) is 14.2. The Bertz CT molecular complexity index is 1470. The van der Waals surface area contributed by atoms with E-state index in [0.717, 1.165) is 5.56 Å². The molecule has 0 radical (unpaired) electrons. The Morgan fingerprint density at radius 1 is 1.02 bits per heavy atom. The van der Waals surface area contributed by atoms with Crippen LogP contribution in [0, 0.1) is 23.8 Å². The molecule has 0 N–H and O–H groups in total. The number of carbonyl (C=O) groups excluding carboxylic acids is 2. The largest absolute Gasteiger partial charge is 0.490 e. The van der Waals surface area contributed by atoms with Crippen molar-refractivity contribution < 1.29 is 18.7 Å². The summed E-state index contributed by atoms with van der Waals surface area (Å²) in [5, 5.41) is 8.95. The molecule has 9 heteroatoms. The van der Waals surface area contributed by atoms with E-state index in [1.807, 2.05) is 17.0 Å². The molecule has 2 fully saturated rings. The first kappa shape index (κ1) is 28.9. The zero-order valence-electron chi connectivity index (χ0n) is 23.3. The van der Waals surface area contributed by atoms with Crippen molar-refractivity contribution in [1.82, 2.24) is 14.8 Å². The van der Waals surface area contributed by atoms with E-state index < -0.39 is 6.17 Å². The quantitative estimate of drug-likeness (QED) is 0.260. The van der Waals surface area contributed by atoms with Crippen LogP contribution < -0.4 is 4.74 Å². The molecule has 1 amide bonds. The second kappa shape index (κ2) is 13.4. The Morgan fingerprint density at radius 3 is 2.38 bits per heavy atom. The number of benzene rings is 2. The van der Waals surface area contributed by atoms with Crippen molar-refractivity contribution in [3.63, 3.8) is 0 Å². The number of alkyl halides is 1. The van der Waals surface area contributed by atoms with Crippen LogP contribution in [0.5, 0.6) is 5.75 Å².